The Balaban J connectivity index is 2.73. The molecule has 0 heterocycles. The van der Waals surface area contributed by atoms with E-state index >= 15 is 0 Å². The summed E-state index contributed by atoms with van der Waals surface area (Å²) in [6.07, 6.45) is -16.4. The van der Waals surface area contributed by atoms with Gasteiger partial charge in [0.15, 0.2) is 0 Å². The fourth-order valence-corrected chi connectivity index (χ4v) is 1.75. The van der Waals surface area contributed by atoms with Crippen molar-refractivity contribution in [1.29, 1.82) is 0 Å². The summed E-state index contributed by atoms with van der Waals surface area (Å²) < 4.78 is 77.1. The summed E-state index contributed by atoms with van der Waals surface area (Å²) in [6.45, 7) is 0. The minimum Gasteiger partial charge on any atom is -0.390 e. The predicted octanol–water partition coefficient (Wildman–Crippen LogP) is 2.80. The van der Waals surface area contributed by atoms with Crippen molar-refractivity contribution in [3.8, 4) is 0 Å². The topological polar surface area (TPSA) is 29.5 Å². The van der Waals surface area contributed by atoms with Gasteiger partial charge in [-0.1, -0.05) is 12.8 Å². The maximum Gasteiger partial charge on any atom is 0.423 e. The van der Waals surface area contributed by atoms with Gasteiger partial charge in [-0.2, -0.15) is 26.3 Å². The molecule has 0 aliphatic heterocycles. The Morgan fingerprint density at radius 2 is 1.41 bits per heavy atom. The highest BCUT2D eigenvalue weighted by Crippen LogP contribution is 2.38. The second-order valence-corrected chi connectivity index (χ2v) is 3.99. The molecule has 0 aromatic heterocycles. The van der Waals surface area contributed by atoms with Crippen LogP contribution >= 0.6 is 0 Å². The summed E-state index contributed by atoms with van der Waals surface area (Å²) in [5, 5.41) is 9.29. The minimum absolute atomic E-state index is 0.00380. The lowest BCUT2D eigenvalue weighted by Crippen LogP contribution is -2.49. The van der Waals surface area contributed by atoms with E-state index in [4.69, 9.17) is 0 Å². The van der Waals surface area contributed by atoms with E-state index in [1.165, 1.54) is 0 Å². The molecule has 0 aromatic carbocycles. The zero-order valence-electron chi connectivity index (χ0n) is 8.68. The lowest BCUT2D eigenvalue weighted by Gasteiger charge is -2.32. The van der Waals surface area contributed by atoms with Crippen molar-refractivity contribution in [2.75, 3.05) is 0 Å². The van der Waals surface area contributed by atoms with Gasteiger partial charge in [-0.15, -0.1) is 0 Å². The molecule has 17 heavy (non-hydrogen) atoms. The van der Waals surface area contributed by atoms with E-state index in [1.54, 1.807) is 0 Å². The van der Waals surface area contributed by atoms with Crippen LogP contribution in [0.1, 0.15) is 25.7 Å². The zero-order valence-corrected chi connectivity index (χ0v) is 8.68. The minimum atomic E-state index is -5.52. The number of aliphatic hydroxyl groups excluding tert-OH is 1. The van der Waals surface area contributed by atoms with Crippen LogP contribution < -0.4 is 0 Å². The lowest BCUT2D eigenvalue weighted by molar-refractivity contribution is -0.337. The predicted molar refractivity (Wildman–Crippen MR) is 45.2 cm³/mol. The molecule has 1 aliphatic carbocycles. The Morgan fingerprint density at radius 3 is 1.82 bits per heavy atom. The first-order valence-electron chi connectivity index (χ1n) is 5.09. The molecule has 0 spiro atoms. The van der Waals surface area contributed by atoms with E-state index in [1.807, 2.05) is 0 Å². The van der Waals surface area contributed by atoms with Crippen molar-refractivity contribution < 1.29 is 36.2 Å². The van der Waals surface area contributed by atoms with Gasteiger partial charge in [-0.25, -0.2) is 0 Å². The molecule has 1 saturated carbocycles. The van der Waals surface area contributed by atoms with Crippen LogP contribution in [0.5, 0.6) is 0 Å². The molecule has 1 aliphatic rings. The van der Waals surface area contributed by atoms with Crippen LogP contribution in [-0.2, 0) is 4.74 Å². The monoisotopic (exact) mass is 266 g/mol. The van der Waals surface area contributed by atoms with Crippen LogP contribution in [0.4, 0.5) is 26.3 Å². The van der Waals surface area contributed by atoms with Crippen molar-refractivity contribution >= 4 is 0 Å². The number of halogens is 6. The maximum absolute atomic E-state index is 12.2. The van der Waals surface area contributed by atoms with Crippen LogP contribution in [0, 0.1) is 0 Å². The van der Waals surface area contributed by atoms with Crippen LogP contribution in [0.2, 0.25) is 0 Å². The van der Waals surface area contributed by atoms with Crippen molar-refractivity contribution in [2.24, 2.45) is 0 Å². The van der Waals surface area contributed by atoms with Crippen molar-refractivity contribution in [1.82, 2.24) is 0 Å². The molecule has 0 bridgehead atoms. The van der Waals surface area contributed by atoms with Crippen LogP contribution in [0.3, 0.4) is 0 Å². The molecule has 102 valence electrons. The molecule has 8 heteroatoms. The number of rotatable bonds is 2. The van der Waals surface area contributed by atoms with Gasteiger partial charge in [-0.05, 0) is 12.8 Å². The molecule has 2 atom stereocenters. The van der Waals surface area contributed by atoms with E-state index in [9.17, 15) is 31.4 Å². The maximum atomic E-state index is 12.2. The normalized spacial score (nSPS) is 27.5. The molecule has 0 saturated heterocycles. The fourth-order valence-electron chi connectivity index (χ4n) is 1.75. The van der Waals surface area contributed by atoms with E-state index in [0.717, 1.165) is 0 Å². The second-order valence-electron chi connectivity index (χ2n) is 3.99. The van der Waals surface area contributed by atoms with E-state index in [0.29, 0.717) is 12.8 Å². The van der Waals surface area contributed by atoms with Gasteiger partial charge in [0.2, 0.25) is 6.10 Å². The second kappa shape index (κ2) is 5.01. The van der Waals surface area contributed by atoms with Gasteiger partial charge >= 0.3 is 12.4 Å². The molecule has 1 rings (SSSR count). The van der Waals surface area contributed by atoms with E-state index < -0.39 is 30.7 Å². The molecule has 1 N–H and O–H groups in total. The molecule has 2 unspecified atom stereocenters. The summed E-state index contributed by atoms with van der Waals surface area (Å²) >= 11 is 0. The average molecular weight is 266 g/mol. The quantitative estimate of drug-likeness (QED) is 0.779. The van der Waals surface area contributed by atoms with Gasteiger partial charge in [0.1, 0.15) is 0 Å². The third-order valence-electron chi connectivity index (χ3n) is 2.57. The lowest BCUT2D eigenvalue weighted by atomic mass is 9.94. The first-order chi connectivity index (χ1) is 7.62. The Morgan fingerprint density at radius 1 is 0.941 bits per heavy atom. The van der Waals surface area contributed by atoms with Gasteiger partial charge in [0.25, 0.3) is 0 Å². The van der Waals surface area contributed by atoms with E-state index in [-0.39, 0.29) is 12.8 Å². The summed E-state index contributed by atoms with van der Waals surface area (Å²) in [5.41, 5.74) is 0. The first-order valence-corrected chi connectivity index (χ1v) is 5.09. The van der Waals surface area contributed by atoms with Crippen LogP contribution in [-0.4, -0.2) is 35.8 Å². The number of hydrogen-bond acceptors (Lipinski definition) is 2. The highest BCUT2D eigenvalue weighted by atomic mass is 19.4. The molecule has 1 fully saturated rings. The molecular weight excluding hydrogens is 254 g/mol. The van der Waals surface area contributed by atoms with Crippen LogP contribution in [0.15, 0.2) is 0 Å². The van der Waals surface area contributed by atoms with E-state index in [2.05, 4.69) is 4.74 Å². The Kier molecular flexibility index (Phi) is 4.29. The summed E-state index contributed by atoms with van der Waals surface area (Å²) in [7, 11) is 0. The molecule has 0 radical (unpaired) electrons. The smallest absolute Gasteiger partial charge is 0.390 e. The fraction of sp³-hybridized carbons (Fsp3) is 1.00. The number of alkyl halides is 6. The van der Waals surface area contributed by atoms with Gasteiger partial charge in [0, 0.05) is 0 Å². The summed E-state index contributed by atoms with van der Waals surface area (Å²) in [6, 6.07) is 0. The summed E-state index contributed by atoms with van der Waals surface area (Å²) in [4.78, 5) is 0. The molecule has 0 amide bonds. The van der Waals surface area contributed by atoms with Crippen molar-refractivity contribution in [2.45, 2.75) is 56.3 Å². The van der Waals surface area contributed by atoms with Crippen molar-refractivity contribution in [3.05, 3.63) is 0 Å². The molecule has 2 nitrogen and oxygen atoms in total. The highest BCUT2D eigenvalue weighted by molar-refractivity contribution is 4.82. The Bertz CT molecular complexity index is 235. The largest absolute Gasteiger partial charge is 0.423 e. The highest BCUT2D eigenvalue weighted by Gasteiger charge is 2.59. The standard InChI is InChI=1S/C9H12F6O2/c10-8(11,12)7(9(13,14)15)17-6-4-2-1-3-5(6)16/h5-7,16H,1-4H2. The van der Waals surface area contributed by atoms with Gasteiger partial charge in [0.05, 0.1) is 12.2 Å². The third kappa shape index (κ3) is 4.02. The van der Waals surface area contributed by atoms with Gasteiger partial charge < -0.3 is 9.84 Å². The SMILES string of the molecule is OC1CCCCC1OC(C(F)(F)F)C(F)(F)F. The zero-order chi connectivity index (χ0) is 13.3. The summed E-state index contributed by atoms with van der Waals surface area (Å²) in [5.74, 6) is 0. The number of ether oxygens (including phenoxy) is 1. The first kappa shape index (κ1) is 14.6. The van der Waals surface area contributed by atoms with Gasteiger partial charge in [-0.3, -0.25) is 0 Å². The van der Waals surface area contributed by atoms with Crippen LogP contribution in [0.25, 0.3) is 0 Å². The molecular formula is C9H12F6O2. The third-order valence-corrected chi connectivity index (χ3v) is 2.57. The Labute approximate surface area is 93.6 Å². The van der Waals surface area contributed by atoms with Crippen molar-refractivity contribution in [3.63, 3.8) is 0 Å². The number of hydrogen-bond donors (Lipinski definition) is 1. The average Bonchev–Trinajstić information content (AvgIpc) is 2.12. The Hall–Kier alpha value is -0.500. The number of aliphatic hydroxyl groups is 1. The molecule has 0 aromatic rings.